The number of hydrogen-bond acceptors (Lipinski definition) is 3. The number of alkyl halides is 2. The first kappa shape index (κ1) is 22.5. The highest BCUT2D eigenvalue weighted by Gasteiger charge is 2.44. The van der Waals surface area contributed by atoms with Gasteiger partial charge < -0.3 is 14.8 Å². The van der Waals surface area contributed by atoms with Gasteiger partial charge in [-0.1, -0.05) is 44.5 Å². The molecule has 1 aromatic carbocycles. The van der Waals surface area contributed by atoms with Gasteiger partial charge in [0.15, 0.2) is 8.32 Å². The SMILES string of the molecule is CC(C)(C)[Si](C)(C)OCC(NC(=O)C(F)(F)c1cccc(Cl)c1)C(=O)O. The number of nitrogens with one attached hydrogen (secondary N) is 1. The Balaban J connectivity index is 2.90. The third-order valence-electron chi connectivity index (χ3n) is 4.49. The minimum atomic E-state index is -3.92. The molecule has 1 amide bonds. The molecule has 26 heavy (non-hydrogen) atoms. The number of carboxylic acid groups (broad SMARTS) is 1. The lowest BCUT2D eigenvalue weighted by Crippen LogP contribution is -2.52. The highest BCUT2D eigenvalue weighted by atomic mass is 35.5. The summed E-state index contributed by atoms with van der Waals surface area (Å²) in [6, 6.07) is 3.11. The molecule has 2 N–H and O–H groups in total. The molecular formula is C17H24ClF2NO4Si. The van der Waals surface area contributed by atoms with Crippen LogP contribution < -0.4 is 5.32 Å². The van der Waals surface area contributed by atoms with E-state index in [-0.39, 0.29) is 16.7 Å². The van der Waals surface area contributed by atoms with Gasteiger partial charge in [0, 0.05) is 10.6 Å². The van der Waals surface area contributed by atoms with Crippen LogP contribution in [0.5, 0.6) is 0 Å². The average molecular weight is 408 g/mol. The van der Waals surface area contributed by atoms with E-state index in [4.69, 9.17) is 16.0 Å². The lowest BCUT2D eigenvalue weighted by Gasteiger charge is -2.37. The monoisotopic (exact) mass is 407 g/mol. The van der Waals surface area contributed by atoms with E-state index in [9.17, 15) is 23.5 Å². The van der Waals surface area contributed by atoms with Gasteiger partial charge in [-0.2, -0.15) is 8.78 Å². The van der Waals surface area contributed by atoms with Gasteiger partial charge in [-0.05, 0) is 30.3 Å². The van der Waals surface area contributed by atoms with Gasteiger partial charge in [0.25, 0.3) is 5.91 Å². The van der Waals surface area contributed by atoms with Crippen LogP contribution >= 0.6 is 11.6 Å². The molecule has 0 aliphatic carbocycles. The molecule has 0 aliphatic heterocycles. The molecule has 0 spiro atoms. The van der Waals surface area contributed by atoms with Gasteiger partial charge in [0.1, 0.15) is 6.04 Å². The number of amides is 1. The predicted molar refractivity (Wildman–Crippen MR) is 98.1 cm³/mol. The van der Waals surface area contributed by atoms with Gasteiger partial charge in [-0.25, -0.2) is 4.79 Å². The molecule has 0 aliphatic rings. The van der Waals surface area contributed by atoms with E-state index >= 15 is 0 Å². The molecule has 0 heterocycles. The smallest absolute Gasteiger partial charge is 0.349 e. The van der Waals surface area contributed by atoms with E-state index in [0.29, 0.717) is 0 Å². The number of carbonyl (C=O) groups is 2. The predicted octanol–water partition coefficient (Wildman–Crippen LogP) is 4.02. The van der Waals surface area contributed by atoms with Crippen LogP contribution in [0, 0.1) is 0 Å². The van der Waals surface area contributed by atoms with Crippen molar-refractivity contribution >= 4 is 31.8 Å². The Kier molecular flexibility index (Phi) is 6.95. The quantitative estimate of drug-likeness (QED) is 0.669. The summed E-state index contributed by atoms with van der Waals surface area (Å²) < 4.78 is 34.4. The normalized spacial score (nSPS) is 14.0. The zero-order valence-electron chi connectivity index (χ0n) is 15.4. The third kappa shape index (κ3) is 5.49. The van der Waals surface area contributed by atoms with Crippen molar-refractivity contribution < 1.29 is 27.9 Å². The first-order chi connectivity index (χ1) is 11.7. The van der Waals surface area contributed by atoms with E-state index < -0.39 is 37.7 Å². The summed E-state index contributed by atoms with van der Waals surface area (Å²) in [4.78, 5) is 23.4. The Morgan fingerprint density at radius 1 is 1.31 bits per heavy atom. The summed E-state index contributed by atoms with van der Waals surface area (Å²) in [6.07, 6.45) is 0. The molecular weight excluding hydrogens is 384 g/mol. The van der Waals surface area contributed by atoms with Crippen LogP contribution in [0.3, 0.4) is 0 Å². The van der Waals surface area contributed by atoms with Crippen LogP contribution in [0.1, 0.15) is 26.3 Å². The van der Waals surface area contributed by atoms with Crippen molar-refractivity contribution in [2.24, 2.45) is 0 Å². The zero-order valence-corrected chi connectivity index (χ0v) is 17.2. The molecule has 1 unspecified atom stereocenters. The zero-order chi connectivity index (χ0) is 20.3. The number of carboxylic acids is 1. The Morgan fingerprint density at radius 2 is 1.88 bits per heavy atom. The Morgan fingerprint density at radius 3 is 2.35 bits per heavy atom. The van der Waals surface area contributed by atoms with Crippen molar-refractivity contribution in [2.75, 3.05) is 6.61 Å². The van der Waals surface area contributed by atoms with Crippen LogP contribution in [0.4, 0.5) is 8.78 Å². The lowest BCUT2D eigenvalue weighted by molar-refractivity contribution is -0.152. The van der Waals surface area contributed by atoms with Crippen LogP contribution in [0.25, 0.3) is 0 Å². The van der Waals surface area contributed by atoms with E-state index in [0.717, 1.165) is 12.1 Å². The second-order valence-electron chi connectivity index (χ2n) is 7.52. The van der Waals surface area contributed by atoms with E-state index in [1.165, 1.54) is 12.1 Å². The van der Waals surface area contributed by atoms with Crippen molar-refractivity contribution in [3.8, 4) is 0 Å². The maximum absolute atomic E-state index is 14.3. The van der Waals surface area contributed by atoms with Crippen molar-refractivity contribution in [1.82, 2.24) is 5.32 Å². The Labute approximate surface area is 157 Å². The minimum Gasteiger partial charge on any atom is -0.480 e. The molecule has 9 heteroatoms. The molecule has 146 valence electrons. The van der Waals surface area contributed by atoms with Crippen molar-refractivity contribution in [3.05, 3.63) is 34.9 Å². The Bertz CT molecular complexity index is 677. The molecule has 0 saturated heterocycles. The number of aliphatic carboxylic acids is 1. The molecule has 5 nitrogen and oxygen atoms in total. The van der Waals surface area contributed by atoms with Crippen LogP contribution in [-0.4, -0.2) is 37.9 Å². The van der Waals surface area contributed by atoms with Gasteiger partial charge in [-0.3, -0.25) is 4.79 Å². The van der Waals surface area contributed by atoms with Crippen molar-refractivity contribution in [1.29, 1.82) is 0 Å². The van der Waals surface area contributed by atoms with Crippen LogP contribution in [-0.2, 0) is 19.9 Å². The topological polar surface area (TPSA) is 75.6 Å². The molecule has 0 aromatic heterocycles. The standard InChI is InChI=1S/C17H24ClF2NO4Si/c1-16(2,3)26(4,5)25-10-13(14(22)23)21-15(24)17(19,20)11-7-6-8-12(18)9-11/h6-9,13H,10H2,1-5H3,(H,21,24)(H,22,23). The fourth-order valence-electron chi connectivity index (χ4n) is 1.75. The molecule has 0 saturated carbocycles. The largest absolute Gasteiger partial charge is 0.480 e. The first-order valence-corrected chi connectivity index (χ1v) is 11.3. The van der Waals surface area contributed by atoms with E-state index in [1.807, 2.05) is 39.2 Å². The fourth-order valence-corrected chi connectivity index (χ4v) is 2.95. The molecule has 1 aromatic rings. The van der Waals surface area contributed by atoms with E-state index in [1.54, 1.807) is 0 Å². The van der Waals surface area contributed by atoms with E-state index in [2.05, 4.69) is 0 Å². The highest BCUT2D eigenvalue weighted by molar-refractivity contribution is 6.74. The van der Waals surface area contributed by atoms with Crippen molar-refractivity contribution in [3.63, 3.8) is 0 Å². The van der Waals surface area contributed by atoms with Crippen molar-refractivity contribution in [2.45, 2.75) is 50.9 Å². The number of rotatable bonds is 7. The van der Waals surface area contributed by atoms with Gasteiger partial charge in [0.2, 0.25) is 0 Å². The van der Waals surface area contributed by atoms with Crippen LogP contribution in [0.15, 0.2) is 24.3 Å². The lowest BCUT2D eigenvalue weighted by atomic mass is 10.1. The summed E-state index contributed by atoms with van der Waals surface area (Å²) in [6.45, 7) is 9.29. The molecule has 0 bridgehead atoms. The average Bonchev–Trinajstić information content (AvgIpc) is 2.49. The van der Waals surface area contributed by atoms with Gasteiger partial charge in [-0.15, -0.1) is 0 Å². The highest BCUT2D eigenvalue weighted by Crippen LogP contribution is 2.36. The van der Waals surface area contributed by atoms with Gasteiger partial charge in [0.05, 0.1) is 6.61 Å². The summed E-state index contributed by atoms with van der Waals surface area (Å²) >= 11 is 5.68. The summed E-state index contributed by atoms with van der Waals surface area (Å²) in [7, 11) is -2.30. The minimum absolute atomic E-state index is 0.0472. The Hall–Kier alpha value is -1.51. The number of benzene rings is 1. The van der Waals surface area contributed by atoms with Gasteiger partial charge >= 0.3 is 11.9 Å². The molecule has 1 atom stereocenters. The second-order valence-corrected chi connectivity index (χ2v) is 12.8. The van der Waals surface area contributed by atoms with Crippen LogP contribution in [0.2, 0.25) is 23.2 Å². The molecule has 0 fully saturated rings. The number of halogens is 3. The molecule has 0 radical (unpaired) electrons. The summed E-state index contributed by atoms with van der Waals surface area (Å²) in [5.74, 6) is -7.08. The third-order valence-corrected chi connectivity index (χ3v) is 9.23. The summed E-state index contributed by atoms with van der Waals surface area (Å²) in [5.41, 5.74) is -0.614. The number of carbonyl (C=O) groups excluding carboxylic acids is 1. The maximum Gasteiger partial charge on any atom is 0.349 e. The summed E-state index contributed by atoms with van der Waals surface area (Å²) in [5, 5.41) is 11.0. The maximum atomic E-state index is 14.3. The number of hydrogen-bond donors (Lipinski definition) is 2. The molecule has 1 rings (SSSR count). The fraction of sp³-hybridized carbons (Fsp3) is 0.529. The second kappa shape index (κ2) is 8.02. The first-order valence-electron chi connectivity index (χ1n) is 8.00.